The fraction of sp³-hybridized carbons (Fsp3) is 0.333. The number of carbonyl (C=O) groups excluding carboxylic acids is 2. The summed E-state index contributed by atoms with van der Waals surface area (Å²) in [5.74, 6) is -1.04. The molecule has 3 aromatic carbocycles. The number of halogens is 1. The van der Waals surface area contributed by atoms with Crippen molar-refractivity contribution < 1.29 is 27.1 Å². The minimum atomic E-state index is -4.18. The second-order valence-electron chi connectivity index (χ2n) is 9.19. The SMILES string of the molecule is CCCCNC(=O)[C@H](C)N(Cc1ccccc1F)C(=O)CN(c1ccc(OCC)cc1)S(=O)(=O)c1ccccc1. The molecule has 0 saturated heterocycles. The van der Waals surface area contributed by atoms with Crippen LogP contribution in [0.1, 0.15) is 39.2 Å². The largest absolute Gasteiger partial charge is 0.494 e. The number of unbranched alkanes of at least 4 members (excludes halogenated alkanes) is 1. The molecule has 0 aliphatic rings. The van der Waals surface area contributed by atoms with E-state index in [9.17, 15) is 22.4 Å². The van der Waals surface area contributed by atoms with E-state index in [1.165, 1.54) is 35.2 Å². The highest BCUT2D eigenvalue weighted by Gasteiger charge is 2.32. The van der Waals surface area contributed by atoms with Crippen LogP contribution < -0.4 is 14.4 Å². The molecule has 0 aromatic heterocycles. The number of rotatable bonds is 14. The summed E-state index contributed by atoms with van der Waals surface area (Å²) in [5.41, 5.74) is 0.453. The van der Waals surface area contributed by atoms with Crippen molar-refractivity contribution >= 4 is 27.5 Å². The fourth-order valence-electron chi connectivity index (χ4n) is 4.05. The van der Waals surface area contributed by atoms with Crippen LogP contribution in [-0.4, -0.2) is 50.9 Å². The van der Waals surface area contributed by atoms with Gasteiger partial charge in [0.2, 0.25) is 11.8 Å². The molecule has 1 N–H and O–H groups in total. The highest BCUT2D eigenvalue weighted by molar-refractivity contribution is 7.92. The third-order valence-corrected chi connectivity index (χ3v) is 8.13. The van der Waals surface area contributed by atoms with Crippen molar-refractivity contribution in [3.63, 3.8) is 0 Å². The van der Waals surface area contributed by atoms with E-state index in [0.717, 1.165) is 17.1 Å². The second kappa shape index (κ2) is 14.5. The van der Waals surface area contributed by atoms with Gasteiger partial charge < -0.3 is 15.0 Å². The fourth-order valence-corrected chi connectivity index (χ4v) is 5.49. The zero-order valence-corrected chi connectivity index (χ0v) is 23.9. The maximum atomic E-state index is 14.6. The third-order valence-electron chi connectivity index (χ3n) is 6.34. The summed E-state index contributed by atoms with van der Waals surface area (Å²) in [6.07, 6.45) is 1.64. The number of nitrogens with zero attached hydrogens (tertiary/aromatic N) is 2. The molecule has 1 atom stereocenters. The molecule has 0 spiro atoms. The first kappa shape index (κ1) is 30.6. The first-order valence-corrected chi connectivity index (χ1v) is 14.7. The molecular weight excluding hydrogens is 533 g/mol. The van der Waals surface area contributed by atoms with Crippen molar-refractivity contribution in [2.45, 2.75) is 51.1 Å². The van der Waals surface area contributed by atoms with Gasteiger partial charge in [0.05, 0.1) is 17.2 Å². The summed E-state index contributed by atoms with van der Waals surface area (Å²) < 4.78 is 48.6. The van der Waals surface area contributed by atoms with Crippen LogP contribution in [0.25, 0.3) is 0 Å². The number of carbonyl (C=O) groups is 2. The molecule has 0 unspecified atom stereocenters. The standard InChI is InChI=1S/C30H36FN3O5S/c1-4-6-20-32-30(36)23(3)33(21-24-12-10-11-15-28(24)31)29(35)22-34(25-16-18-26(19-17-25)39-5-2)40(37,38)27-13-8-7-9-14-27/h7-19,23H,4-6,20-22H2,1-3H3,(H,32,36)/t23-/m0/s1. The number of amides is 2. The number of benzene rings is 3. The predicted molar refractivity (Wildman–Crippen MR) is 153 cm³/mol. The van der Waals surface area contributed by atoms with Crippen molar-refractivity contribution in [1.29, 1.82) is 0 Å². The van der Waals surface area contributed by atoms with E-state index < -0.39 is 40.2 Å². The summed E-state index contributed by atoms with van der Waals surface area (Å²) in [5, 5.41) is 2.81. The Morgan fingerprint density at radius 2 is 1.60 bits per heavy atom. The van der Waals surface area contributed by atoms with Crippen LogP contribution in [0.3, 0.4) is 0 Å². The molecule has 0 fully saturated rings. The molecule has 3 rings (SSSR count). The Balaban J connectivity index is 2.00. The molecular formula is C30H36FN3O5S. The van der Waals surface area contributed by atoms with Gasteiger partial charge in [0.25, 0.3) is 10.0 Å². The van der Waals surface area contributed by atoms with E-state index in [2.05, 4.69) is 5.32 Å². The Hall–Kier alpha value is -3.92. The van der Waals surface area contributed by atoms with Gasteiger partial charge in [-0.2, -0.15) is 0 Å². The molecule has 40 heavy (non-hydrogen) atoms. The highest BCUT2D eigenvalue weighted by atomic mass is 32.2. The number of anilines is 1. The highest BCUT2D eigenvalue weighted by Crippen LogP contribution is 2.26. The first-order chi connectivity index (χ1) is 19.2. The summed E-state index contributed by atoms with van der Waals surface area (Å²) in [7, 11) is -4.18. The molecule has 0 aliphatic carbocycles. The molecule has 2 amide bonds. The zero-order valence-electron chi connectivity index (χ0n) is 23.0. The van der Waals surface area contributed by atoms with Crippen molar-refractivity contribution in [1.82, 2.24) is 10.2 Å². The maximum absolute atomic E-state index is 14.6. The van der Waals surface area contributed by atoms with Crippen molar-refractivity contribution in [2.24, 2.45) is 0 Å². The monoisotopic (exact) mass is 569 g/mol. The lowest BCUT2D eigenvalue weighted by molar-refractivity contribution is -0.139. The normalized spacial score (nSPS) is 11.9. The van der Waals surface area contributed by atoms with E-state index in [1.807, 2.05) is 13.8 Å². The molecule has 10 heteroatoms. The first-order valence-electron chi connectivity index (χ1n) is 13.3. The molecule has 0 radical (unpaired) electrons. The van der Waals surface area contributed by atoms with Crippen LogP contribution in [0.5, 0.6) is 5.75 Å². The average Bonchev–Trinajstić information content (AvgIpc) is 2.96. The number of hydrogen-bond acceptors (Lipinski definition) is 5. The van der Waals surface area contributed by atoms with E-state index in [4.69, 9.17) is 4.74 Å². The Morgan fingerprint density at radius 3 is 2.23 bits per heavy atom. The number of sulfonamides is 1. The van der Waals surface area contributed by atoms with Crippen LogP contribution in [0, 0.1) is 5.82 Å². The molecule has 0 heterocycles. The molecule has 214 valence electrons. The lowest BCUT2D eigenvalue weighted by Crippen LogP contribution is -2.51. The number of hydrogen-bond donors (Lipinski definition) is 1. The zero-order chi connectivity index (χ0) is 29.1. The van der Waals surface area contributed by atoms with E-state index in [1.54, 1.807) is 55.5 Å². The molecule has 3 aromatic rings. The van der Waals surface area contributed by atoms with Gasteiger partial charge in [0, 0.05) is 18.7 Å². The lowest BCUT2D eigenvalue weighted by Gasteiger charge is -2.32. The molecule has 0 aliphatic heterocycles. The average molecular weight is 570 g/mol. The predicted octanol–water partition coefficient (Wildman–Crippen LogP) is 4.75. The summed E-state index contributed by atoms with van der Waals surface area (Å²) in [4.78, 5) is 28.0. The van der Waals surface area contributed by atoms with Crippen LogP contribution in [-0.2, 0) is 26.2 Å². The van der Waals surface area contributed by atoms with Crippen LogP contribution in [0.2, 0.25) is 0 Å². The van der Waals surface area contributed by atoms with Crippen molar-refractivity contribution in [3.8, 4) is 5.75 Å². The third kappa shape index (κ3) is 7.81. The summed E-state index contributed by atoms with van der Waals surface area (Å²) >= 11 is 0. The van der Waals surface area contributed by atoms with E-state index in [-0.39, 0.29) is 22.7 Å². The van der Waals surface area contributed by atoms with E-state index >= 15 is 0 Å². The molecule has 0 saturated carbocycles. The van der Waals surface area contributed by atoms with Gasteiger partial charge in [-0.05, 0) is 62.7 Å². The van der Waals surface area contributed by atoms with E-state index in [0.29, 0.717) is 18.9 Å². The van der Waals surface area contributed by atoms with Gasteiger partial charge in [-0.25, -0.2) is 12.8 Å². The van der Waals surface area contributed by atoms with Gasteiger partial charge in [-0.3, -0.25) is 13.9 Å². The van der Waals surface area contributed by atoms with Crippen molar-refractivity contribution in [3.05, 3.63) is 90.2 Å². The lowest BCUT2D eigenvalue weighted by atomic mass is 10.1. The minimum absolute atomic E-state index is 0.00250. The van der Waals surface area contributed by atoms with Gasteiger partial charge in [0.15, 0.2) is 0 Å². The second-order valence-corrected chi connectivity index (χ2v) is 11.0. The molecule has 0 bridgehead atoms. The van der Waals surface area contributed by atoms with Crippen LogP contribution in [0.4, 0.5) is 10.1 Å². The number of ether oxygens (including phenoxy) is 1. The minimum Gasteiger partial charge on any atom is -0.494 e. The van der Waals surface area contributed by atoms with Gasteiger partial charge in [0.1, 0.15) is 24.2 Å². The Bertz CT molecular complexity index is 1370. The smallest absolute Gasteiger partial charge is 0.264 e. The van der Waals surface area contributed by atoms with Gasteiger partial charge in [-0.1, -0.05) is 49.7 Å². The molecule has 8 nitrogen and oxygen atoms in total. The van der Waals surface area contributed by atoms with Gasteiger partial charge >= 0.3 is 0 Å². The number of nitrogens with one attached hydrogen (secondary N) is 1. The Labute approximate surface area is 235 Å². The summed E-state index contributed by atoms with van der Waals surface area (Å²) in [6, 6.07) is 19.1. The quantitative estimate of drug-likeness (QED) is 0.283. The van der Waals surface area contributed by atoms with Gasteiger partial charge in [-0.15, -0.1) is 0 Å². The maximum Gasteiger partial charge on any atom is 0.264 e. The van der Waals surface area contributed by atoms with Crippen LogP contribution >= 0.6 is 0 Å². The topological polar surface area (TPSA) is 96.0 Å². The Kier molecular flexibility index (Phi) is 11.1. The van der Waals surface area contributed by atoms with Crippen molar-refractivity contribution in [2.75, 3.05) is 24.0 Å². The van der Waals surface area contributed by atoms with Crippen LogP contribution in [0.15, 0.2) is 83.8 Å². The Morgan fingerprint density at radius 1 is 0.950 bits per heavy atom. The summed E-state index contributed by atoms with van der Waals surface area (Å²) in [6.45, 7) is 5.43.